The second-order valence-electron chi connectivity index (χ2n) is 4.62. The predicted molar refractivity (Wildman–Crippen MR) is 82.6 cm³/mol. The molecule has 1 aromatic carbocycles. The molecule has 20 heavy (non-hydrogen) atoms. The topological polar surface area (TPSA) is 38.3 Å². The Bertz CT molecular complexity index is 551. The van der Waals surface area contributed by atoms with E-state index in [2.05, 4.69) is 16.8 Å². The molecule has 0 aliphatic rings. The van der Waals surface area contributed by atoms with Gasteiger partial charge in [0.1, 0.15) is 5.75 Å². The van der Waals surface area contributed by atoms with Gasteiger partial charge in [0.25, 0.3) is 5.91 Å². The highest BCUT2D eigenvalue weighted by Crippen LogP contribution is 2.14. The first-order valence-corrected chi connectivity index (χ1v) is 7.63. The number of ether oxygens (including phenoxy) is 1. The molecule has 0 spiro atoms. The van der Waals surface area contributed by atoms with Crippen LogP contribution in [-0.4, -0.2) is 18.6 Å². The maximum atomic E-state index is 12.2. The van der Waals surface area contributed by atoms with Gasteiger partial charge in [-0.25, -0.2) is 0 Å². The van der Waals surface area contributed by atoms with E-state index in [0.29, 0.717) is 12.2 Å². The molecule has 0 saturated carbocycles. The molecule has 2 rings (SSSR count). The van der Waals surface area contributed by atoms with E-state index in [9.17, 15) is 4.79 Å². The van der Waals surface area contributed by atoms with Gasteiger partial charge in [-0.15, -0.1) is 11.3 Å². The fraction of sp³-hybridized carbons (Fsp3) is 0.312. The summed E-state index contributed by atoms with van der Waals surface area (Å²) in [5.74, 6) is 0.668. The fourth-order valence-corrected chi connectivity index (χ4v) is 2.82. The number of carbonyl (C=O) groups is 1. The number of rotatable bonds is 6. The summed E-state index contributed by atoms with van der Waals surface area (Å²) in [7, 11) is 0. The van der Waals surface area contributed by atoms with Crippen molar-refractivity contribution < 1.29 is 9.53 Å². The van der Waals surface area contributed by atoms with Crippen LogP contribution in [0.1, 0.15) is 29.1 Å². The van der Waals surface area contributed by atoms with Gasteiger partial charge in [0.05, 0.1) is 6.61 Å². The van der Waals surface area contributed by atoms with Gasteiger partial charge in [-0.1, -0.05) is 12.1 Å². The first-order valence-electron chi connectivity index (χ1n) is 6.75. The van der Waals surface area contributed by atoms with Gasteiger partial charge in [0.15, 0.2) is 0 Å². The molecule has 1 amide bonds. The van der Waals surface area contributed by atoms with Crippen LogP contribution >= 0.6 is 11.3 Å². The minimum Gasteiger partial charge on any atom is -0.494 e. The SMILES string of the molecule is CCOc1cccc(C(=O)N[C@H](C)Cc2cccs2)c1. The molecule has 0 unspecified atom stereocenters. The summed E-state index contributed by atoms with van der Waals surface area (Å²) in [4.78, 5) is 13.5. The van der Waals surface area contributed by atoms with Crippen molar-refractivity contribution in [3.63, 3.8) is 0 Å². The van der Waals surface area contributed by atoms with E-state index in [4.69, 9.17) is 4.74 Å². The molecule has 2 aromatic rings. The number of amides is 1. The van der Waals surface area contributed by atoms with Crippen LogP contribution in [0.3, 0.4) is 0 Å². The van der Waals surface area contributed by atoms with Crippen LogP contribution in [0.5, 0.6) is 5.75 Å². The Labute approximate surface area is 123 Å². The molecule has 1 atom stereocenters. The normalized spacial score (nSPS) is 11.9. The molecule has 0 aliphatic heterocycles. The molecule has 1 heterocycles. The maximum absolute atomic E-state index is 12.2. The van der Waals surface area contributed by atoms with Crippen molar-refractivity contribution in [1.82, 2.24) is 5.32 Å². The van der Waals surface area contributed by atoms with Crippen molar-refractivity contribution in [3.8, 4) is 5.75 Å². The molecule has 3 nitrogen and oxygen atoms in total. The number of carbonyl (C=O) groups excluding carboxylic acids is 1. The second kappa shape index (κ2) is 7.10. The summed E-state index contributed by atoms with van der Waals surface area (Å²) < 4.78 is 5.41. The van der Waals surface area contributed by atoms with Crippen LogP contribution in [0, 0.1) is 0 Å². The number of hydrogen-bond acceptors (Lipinski definition) is 3. The van der Waals surface area contributed by atoms with Crippen molar-refractivity contribution in [2.24, 2.45) is 0 Å². The van der Waals surface area contributed by atoms with Crippen molar-refractivity contribution >= 4 is 17.2 Å². The van der Waals surface area contributed by atoms with Crippen molar-refractivity contribution in [2.45, 2.75) is 26.3 Å². The quantitative estimate of drug-likeness (QED) is 0.883. The summed E-state index contributed by atoms with van der Waals surface area (Å²) in [6.07, 6.45) is 0.856. The van der Waals surface area contributed by atoms with Crippen LogP contribution in [0.15, 0.2) is 41.8 Å². The van der Waals surface area contributed by atoms with E-state index in [0.717, 1.165) is 12.2 Å². The highest BCUT2D eigenvalue weighted by Gasteiger charge is 2.11. The number of thiophene rings is 1. The highest BCUT2D eigenvalue weighted by molar-refractivity contribution is 7.09. The standard InChI is InChI=1S/C16H19NO2S/c1-3-19-14-7-4-6-13(11-14)16(18)17-12(2)10-15-8-5-9-20-15/h4-9,11-12H,3,10H2,1-2H3,(H,17,18)/t12-/m1/s1. The molecular formula is C16H19NO2S. The van der Waals surface area contributed by atoms with Gasteiger partial charge < -0.3 is 10.1 Å². The van der Waals surface area contributed by atoms with Gasteiger partial charge in [-0.05, 0) is 43.5 Å². The third kappa shape index (κ3) is 4.10. The summed E-state index contributed by atoms with van der Waals surface area (Å²) >= 11 is 1.71. The van der Waals surface area contributed by atoms with Crippen LogP contribution < -0.4 is 10.1 Å². The minimum absolute atomic E-state index is 0.0596. The van der Waals surface area contributed by atoms with Crippen molar-refractivity contribution in [3.05, 3.63) is 52.2 Å². The highest BCUT2D eigenvalue weighted by atomic mass is 32.1. The fourth-order valence-electron chi connectivity index (χ4n) is 1.98. The number of hydrogen-bond donors (Lipinski definition) is 1. The van der Waals surface area contributed by atoms with Gasteiger partial charge in [-0.3, -0.25) is 4.79 Å². The lowest BCUT2D eigenvalue weighted by atomic mass is 10.1. The zero-order valence-electron chi connectivity index (χ0n) is 11.8. The van der Waals surface area contributed by atoms with E-state index < -0.39 is 0 Å². The maximum Gasteiger partial charge on any atom is 0.251 e. The Morgan fingerprint density at radius 1 is 1.35 bits per heavy atom. The number of nitrogens with one attached hydrogen (secondary N) is 1. The van der Waals surface area contributed by atoms with E-state index >= 15 is 0 Å². The molecular weight excluding hydrogens is 270 g/mol. The van der Waals surface area contributed by atoms with E-state index in [1.807, 2.05) is 32.0 Å². The molecule has 0 aliphatic carbocycles. The molecule has 106 valence electrons. The Balaban J connectivity index is 1.95. The molecule has 0 fully saturated rings. The van der Waals surface area contributed by atoms with E-state index in [1.54, 1.807) is 23.5 Å². The van der Waals surface area contributed by atoms with Crippen molar-refractivity contribution in [1.29, 1.82) is 0 Å². The van der Waals surface area contributed by atoms with Gasteiger partial charge in [-0.2, -0.15) is 0 Å². The van der Waals surface area contributed by atoms with Crippen LogP contribution in [-0.2, 0) is 6.42 Å². The molecule has 0 saturated heterocycles. The second-order valence-corrected chi connectivity index (χ2v) is 5.65. The van der Waals surface area contributed by atoms with Crippen molar-refractivity contribution in [2.75, 3.05) is 6.61 Å². The molecule has 1 N–H and O–H groups in total. The Morgan fingerprint density at radius 2 is 2.20 bits per heavy atom. The third-order valence-corrected chi connectivity index (χ3v) is 3.77. The lowest BCUT2D eigenvalue weighted by molar-refractivity contribution is 0.0940. The summed E-state index contributed by atoms with van der Waals surface area (Å²) in [6, 6.07) is 11.5. The first-order chi connectivity index (χ1) is 9.69. The Kier molecular flexibility index (Phi) is 5.18. The van der Waals surface area contributed by atoms with E-state index in [1.165, 1.54) is 4.88 Å². The average molecular weight is 289 g/mol. The monoisotopic (exact) mass is 289 g/mol. The van der Waals surface area contributed by atoms with Crippen LogP contribution in [0.25, 0.3) is 0 Å². The van der Waals surface area contributed by atoms with Crippen LogP contribution in [0.2, 0.25) is 0 Å². The number of benzene rings is 1. The largest absolute Gasteiger partial charge is 0.494 e. The third-order valence-electron chi connectivity index (χ3n) is 2.87. The summed E-state index contributed by atoms with van der Waals surface area (Å²) in [6.45, 7) is 4.54. The predicted octanol–water partition coefficient (Wildman–Crippen LogP) is 3.51. The van der Waals surface area contributed by atoms with Gasteiger partial charge in [0, 0.05) is 22.9 Å². The Morgan fingerprint density at radius 3 is 2.90 bits per heavy atom. The van der Waals surface area contributed by atoms with Gasteiger partial charge in [0.2, 0.25) is 0 Å². The Hall–Kier alpha value is -1.81. The molecule has 0 bridgehead atoms. The zero-order valence-corrected chi connectivity index (χ0v) is 12.6. The zero-order chi connectivity index (χ0) is 14.4. The first kappa shape index (κ1) is 14.6. The minimum atomic E-state index is -0.0596. The molecule has 0 radical (unpaired) electrons. The van der Waals surface area contributed by atoms with Crippen LogP contribution in [0.4, 0.5) is 0 Å². The van der Waals surface area contributed by atoms with Gasteiger partial charge >= 0.3 is 0 Å². The lowest BCUT2D eigenvalue weighted by Gasteiger charge is -2.13. The summed E-state index contributed by atoms with van der Waals surface area (Å²) in [5.41, 5.74) is 0.633. The lowest BCUT2D eigenvalue weighted by Crippen LogP contribution is -2.33. The molecule has 1 aromatic heterocycles. The average Bonchev–Trinajstić information content (AvgIpc) is 2.92. The molecule has 4 heteroatoms. The summed E-state index contributed by atoms with van der Waals surface area (Å²) in [5, 5.41) is 5.07. The van der Waals surface area contributed by atoms with E-state index in [-0.39, 0.29) is 11.9 Å². The smallest absolute Gasteiger partial charge is 0.251 e.